The van der Waals surface area contributed by atoms with E-state index in [0.717, 1.165) is 37.2 Å². The molecule has 5 heteroatoms. The van der Waals surface area contributed by atoms with Gasteiger partial charge in [-0.1, -0.05) is 12.1 Å². The van der Waals surface area contributed by atoms with Gasteiger partial charge in [-0.15, -0.1) is 0 Å². The molecule has 1 aromatic carbocycles. The fourth-order valence-corrected chi connectivity index (χ4v) is 2.64. The number of hydrogen-bond donors (Lipinski definition) is 1. The van der Waals surface area contributed by atoms with Crippen molar-refractivity contribution in [2.24, 2.45) is 0 Å². The highest BCUT2D eigenvalue weighted by molar-refractivity contribution is 6.03. The van der Waals surface area contributed by atoms with Gasteiger partial charge in [0.05, 0.1) is 0 Å². The molecule has 3 rings (SSSR count). The number of carbonyl (C=O) groups is 1. The summed E-state index contributed by atoms with van der Waals surface area (Å²) in [5, 5.41) is 2.88. The van der Waals surface area contributed by atoms with E-state index in [4.69, 9.17) is 0 Å². The van der Waals surface area contributed by atoms with E-state index in [2.05, 4.69) is 20.2 Å². The number of aryl methyl sites for hydroxylation is 1. The first kappa shape index (κ1) is 14.5. The van der Waals surface area contributed by atoms with Gasteiger partial charge in [0.1, 0.15) is 5.69 Å². The number of anilines is 2. The van der Waals surface area contributed by atoms with E-state index in [-0.39, 0.29) is 5.91 Å². The van der Waals surface area contributed by atoms with Crippen LogP contribution in [-0.4, -0.2) is 29.0 Å². The fourth-order valence-electron chi connectivity index (χ4n) is 2.64. The lowest BCUT2D eigenvalue weighted by Crippen LogP contribution is -2.31. The van der Waals surface area contributed by atoms with E-state index in [9.17, 15) is 4.79 Å². The topological polar surface area (TPSA) is 58.1 Å². The smallest absolute Gasteiger partial charge is 0.274 e. The normalized spacial score (nSPS) is 14.7. The lowest BCUT2D eigenvalue weighted by atomic mass is 10.1. The molecule has 1 amide bonds. The van der Waals surface area contributed by atoms with Crippen LogP contribution in [0.25, 0.3) is 0 Å². The molecule has 1 saturated heterocycles. The van der Waals surface area contributed by atoms with Crippen LogP contribution in [0.15, 0.2) is 36.5 Å². The molecular weight excluding hydrogens is 276 g/mol. The fraction of sp³-hybridized carbons (Fsp3) is 0.353. The molecule has 0 radical (unpaired) electrons. The monoisotopic (exact) mass is 296 g/mol. The van der Waals surface area contributed by atoms with Crippen LogP contribution in [0.4, 0.5) is 11.6 Å². The maximum Gasteiger partial charge on any atom is 0.274 e. The van der Waals surface area contributed by atoms with Gasteiger partial charge in [-0.25, -0.2) is 9.97 Å². The van der Waals surface area contributed by atoms with Crippen LogP contribution < -0.4 is 10.2 Å². The molecule has 0 spiro atoms. The van der Waals surface area contributed by atoms with Crippen LogP contribution in [0.2, 0.25) is 0 Å². The molecule has 0 atom stereocenters. The van der Waals surface area contributed by atoms with Crippen molar-refractivity contribution in [2.75, 3.05) is 23.3 Å². The summed E-state index contributed by atoms with van der Waals surface area (Å²) in [7, 11) is 0. The zero-order valence-corrected chi connectivity index (χ0v) is 12.7. The van der Waals surface area contributed by atoms with Gasteiger partial charge in [-0.2, -0.15) is 0 Å². The second kappa shape index (κ2) is 6.56. The van der Waals surface area contributed by atoms with Crippen LogP contribution >= 0.6 is 0 Å². The number of nitrogens with zero attached hydrogens (tertiary/aromatic N) is 3. The van der Waals surface area contributed by atoms with Gasteiger partial charge >= 0.3 is 0 Å². The van der Waals surface area contributed by atoms with E-state index >= 15 is 0 Å². The molecule has 22 heavy (non-hydrogen) atoms. The van der Waals surface area contributed by atoms with Crippen LogP contribution in [0.3, 0.4) is 0 Å². The Labute approximate surface area is 130 Å². The highest BCUT2D eigenvalue weighted by Crippen LogP contribution is 2.16. The summed E-state index contributed by atoms with van der Waals surface area (Å²) in [4.78, 5) is 23.2. The highest BCUT2D eigenvalue weighted by atomic mass is 16.1. The molecule has 0 aliphatic carbocycles. The Morgan fingerprint density at radius 2 is 2.00 bits per heavy atom. The number of piperidine rings is 1. The minimum Gasteiger partial charge on any atom is -0.341 e. The molecule has 5 nitrogen and oxygen atoms in total. The third-order valence-electron chi connectivity index (χ3n) is 3.79. The SMILES string of the molecule is Cc1cccc(NC(=O)c2ccnc(N3CCCCC3)n2)c1. The number of aromatic nitrogens is 2. The van der Waals surface area contributed by atoms with Gasteiger partial charge in [-0.3, -0.25) is 4.79 Å². The average molecular weight is 296 g/mol. The predicted molar refractivity (Wildman–Crippen MR) is 87.2 cm³/mol. The summed E-state index contributed by atoms with van der Waals surface area (Å²) in [5.41, 5.74) is 2.29. The average Bonchev–Trinajstić information content (AvgIpc) is 2.56. The Morgan fingerprint density at radius 3 is 2.77 bits per heavy atom. The van der Waals surface area contributed by atoms with Crippen molar-refractivity contribution in [3.63, 3.8) is 0 Å². The second-order valence-electron chi connectivity index (χ2n) is 5.61. The summed E-state index contributed by atoms with van der Waals surface area (Å²) < 4.78 is 0. The summed E-state index contributed by atoms with van der Waals surface area (Å²) in [6.45, 7) is 3.92. The van der Waals surface area contributed by atoms with Gasteiger partial charge < -0.3 is 10.2 Å². The van der Waals surface area contributed by atoms with E-state index in [1.54, 1.807) is 12.3 Å². The third kappa shape index (κ3) is 3.42. The molecule has 2 heterocycles. The lowest BCUT2D eigenvalue weighted by Gasteiger charge is -2.26. The standard InChI is InChI=1S/C17H20N4O/c1-13-6-5-7-14(12-13)19-16(22)15-8-9-18-17(20-15)21-10-3-2-4-11-21/h5-9,12H,2-4,10-11H2,1H3,(H,19,22). The van der Waals surface area contributed by atoms with Crippen molar-refractivity contribution in [3.05, 3.63) is 47.8 Å². The zero-order valence-electron chi connectivity index (χ0n) is 12.7. The van der Waals surface area contributed by atoms with Crippen molar-refractivity contribution >= 4 is 17.5 Å². The molecule has 1 aliphatic rings. The van der Waals surface area contributed by atoms with Crippen molar-refractivity contribution in [3.8, 4) is 0 Å². The van der Waals surface area contributed by atoms with Crippen LogP contribution in [0.1, 0.15) is 35.3 Å². The van der Waals surface area contributed by atoms with E-state index in [1.165, 1.54) is 6.42 Å². The quantitative estimate of drug-likeness (QED) is 0.946. The molecule has 114 valence electrons. The van der Waals surface area contributed by atoms with Crippen LogP contribution in [-0.2, 0) is 0 Å². The number of amides is 1. The maximum absolute atomic E-state index is 12.3. The van der Waals surface area contributed by atoms with Gasteiger partial charge in [0.25, 0.3) is 5.91 Å². The molecule has 1 aromatic heterocycles. The first-order valence-electron chi connectivity index (χ1n) is 7.68. The van der Waals surface area contributed by atoms with E-state index in [1.807, 2.05) is 31.2 Å². The first-order valence-corrected chi connectivity index (χ1v) is 7.68. The van der Waals surface area contributed by atoms with Crippen LogP contribution in [0, 0.1) is 6.92 Å². The van der Waals surface area contributed by atoms with Crippen molar-refractivity contribution < 1.29 is 4.79 Å². The van der Waals surface area contributed by atoms with Gasteiger partial charge in [0.2, 0.25) is 5.95 Å². The summed E-state index contributed by atoms with van der Waals surface area (Å²) >= 11 is 0. The number of carbonyl (C=O) groups excluding carboxylic acids is 1. The molecule has 2 aromatic rings. The maximum atomic E-state index is 12.3. The highest BCUT2D eigenvalue weighted by Gasteiger charge is 2.15. The largest absolute Gasteiger partial charge is 0.341 e. The molecule has 0 bridgehead atoms. The lowest BCUT2D eigenvalue weighted by molar-refractivity contribution is 0.102. The van der Waals surface area contributed by atoms with Gasteiger partial charge in [0.15, 0.2) is 0 Å². The third-order valence-corrected chi connectivity index (χ3v) is 3.79. The number of nitrogens with one attached hydrogen (secondary N) is 1. The molecule has 1 N–H and O–H groups in total. The molecule has 0 saturated carbocycles. The van der Waals surface area contributed by atoms with Gasteiger partial charge in [0, 0.05) is 25.0 Å². The van der Waals surface area contributed by atoms with E-state index < -0.39 is 0 Å². The molecular formula is C17H20N4O. The summed E-state index contributed by atoms with van der Waals surface area (Å²) in [6, 6.07) is 9.37. The zero-order chi connectivity index (χ0) is 15.4. The van der Waals surface area contributed by atoms with E-state index in [0.29, 0.717) is 11.6 Å². The van der Waals surface area contributed by atoms with Gasteiger partial charge in [-0.05, 0) is 49.9 Å². The Balaban J connectivity index is 1.75. The minimum absolute atomic E-state index is 0.203. The Bertz CT molecular complexity index is 665. The summed E-state index contributed by atoms with van der Waals surface area (Å²) in [5.74, 6) is 0.447. The molecule has 1 fully saturated rings. The first-order chi connectivity index (χ1) is 10.7. The minimum atomic E-state index is -0.203. The van der Waals surface area contributed by atoms with Crippen LogP contribution in [0.5, 0.6) is 0 Å². The Kier molecular flexibility index (Phi) is 4.32. The number of benzene rings is 1. The van der Waals surface area contributed by atoms with Crippen molar-refractivity contribution in [1.82, 2.24) is 9.97 Å². The predicted octanol–water partition coefficient (Wildman–Crippen LogP) is 3.03. The number of hydrogen-bond acceptors (Lipinski definition) is 4. The molecule has 1 aliphatic heterocycles. The Morgan fingerprint density at radius 1 is 1.18 bits per heavy atom. The Hall–Kier alpha value is -2.43. The van der Waals surface area contributed by atoms with Crippen molar-refractivity contribution in [1.29, 1.82) is 0 Å². The second-order valence-corrected chi connectivity index (χ2v) is 5.61. The molecule has 0 unspecified atom stereocenters. The summed E-state index contributed by atoms with van der Waals surface area (Å²) in [6.07, 6.45) is 5.22. The number of rotatable bonds is 3. The van der Waals surface area contributed by atoms with Crippen molar-refractivity contribution in [2.45, 2.75) is 26.2 Å².